The van der Waals surface area contributed by atoms with Crippen LogP contribution in [0.3, 0.4) is 0 Å². The molecule has 0 unspecified atom stereocenters. The molecule has 0 atom stereocenters. The second kappa shape index (κ2) is 4.37. The Morgan fingerprint density at radius 2 is 2.18 bits per heavy atom. The van der Waals surface area contributed by atoms with Gasteiger partial charge in [-0.3, -0.25) is 0 Å². The first-order valence-electron chi connectivity index (χ1n) is 5.65. The predicted molar refractivity (Wildman–Crippen MR) is 64.2 cm³/mol. The summed E-state index contributed by atoms with van der Waals surface area (Å²) < 4.78 is 10.4. The molecule has 2 rings (SSSR count). The van der Waals surface area contributed by atoms with Crippen molar-refractivity contribution in [1.82, 2.24) is 0 Å². The lowest BCUT2D eigenvalue weighted by atomic mass is 10.1. The van der Waals surface area contributed by atoms with Gasteiger partial charge >= 0.3 is 5.97 Å². The van der Waals surface area contributed by atoms with E-state index >= 15 is 0 Å². The Morgan fingerprint density at radius 3 is 2.76 bits per heavy atom. The summed E-state index contributed by atoms with van der Waals surface area (Å²) in [6, 6.07) is 5.41. The molecule has 0 bridgehead atoms. The van der Waals surface area contributed by atoms with E-state index in [-0.39, 0.29) is 11.5 Å². The molecule has 1 fully saturated rings. The summed E-state index contributed by atoms with van der Waals surface area (Å²) >= 11 is 0. The van der Waals surface area contributed by atoms with Gasteiger partial charge in [-0.2, -0.15) is 0 Å². The Labute approximate surface area is 101 Å². The van der Waals surface area contributed by atoms with Crippen molar-refractivity contribution in [2.75, 3.05) is 13.7 Å². The average molecular weight is 235 g/mol. The van der Waals surface area contributed by atoms with Crippen molar-refractivity contribution >= 4 is 5.97 Å². The van der Waals surface area contributed by atoms with Crippen molar-refractivity contribution in [3.8, 4) is 5.75 Å². The minimum absolute atomic E-state index is 0.199. The fourth-order valence-corrected chi connectivity index (χ4v) is 1.64. The van der Waals surface area contributed by atoms with E-state index in [0.29, 0.717) is 17.9 Å². The van der Waals surface area contributed by atoms with Crippen LogP contribution in [0.4, 0.5) is 0 Å². The molecule has 0 saturated heterocycles. The molecule has 0 spiro atoms. The number of para-hydroxylation sites is 1. The zero-order chi connectivity index (χ0) is 12.5. The van der Waals surface area contributed by atoms with Gasteiger partial charge < -0.3 is 15.2 Å². The maximum Gasteiger partial charge on any atom is 0.341 e. The molecule has 1 aromatic rings. The van der Waals surface area contributed by atoms with E-state index in [2.05, 4.69) is 0 Å². The van der Waals surface area contributed by atoms with Crippen LogP contribution in [0.25, 0.3) is 0 Å². The SMILES string of the molecule is COC(=O)c1cccc(C)c1OCC1(N)CC1. The second-order valence-corrected chi connectivity index (χ2v) is 4.59. The van der Waals surface area contributed by atoms with Gasteiger partial charge in [0.25, 0.3) is 0 Å². The number of ether oxygens (including phenoxy) is 2. The molecule has 0 aromatic heterocycles. The Morgan fingerprint density at radius 1 is 1.47 bits per heavy atom. The van der Waals surface area contributed by atoms with Crippen LogP contribution in [0.2, 0.25) is 0 Å². The van der Waals surface area contributed by atoms with Gasteiger partial charge in [-0.1, -0.05) is 12.1 Å². The van der Waals surface area contributed by atoms with Gasteiger partial charge in [0.15, 0.2) is 0 Å². The lowest BCUT2D eigenvalue weighted by molar-refractivity contribution is 0.0595. The topological polar surface area (TPSA) is 61.5 Å². The molecule has 17 heavy (non-hydrogen) atoms. The first-order chi connectivity index (χ1) is 8.06. The van der Waals surface area contributed by atoms with Crippen molar-refractivity contribution in [3.05, 3.63) is 29.3 Å². The van der Waals surface area contributed by atoms with E-state index < -0.39 is 0 Å². The van der Waals surface area contributed by atoms with Gasteiger partial charge in [0.1, 0.15) is 17.9 Å². The zero-order valence-corrected chi connectivity index (χ0v) is 10.2. The van der Waals surface area contributed by atoms with Gasteiger partial charge in [0.05, 0.1) is 12.6 Å². The summed E-state index contributed by atoms with van der Waals surface area (Å²) in [5.41, 5.74) is 7.13. The van der Waals surface area contributed by atoms with E-state index in [9.17, 15) is 4.79 Å². The molecule has 4 heteroatoms. The number of nitrogens with two attached hydrogens (primary N) is 1. The van der Waals surface area contributed by atoms with Gasteiger partial charge in [-0.15, -0.1) is 0 Å². The Hall–Kier alpha value is -1.55. The highest BCUT2D eigenvalue weighted by molar-refractivity contribution is 5.92. The van der Waals surface area contributed by atoms with Crippen LogP contribution in [-0.2, 0) is 4.74 Å². The molecule has 4 nitrogen and oxygen atoms in total. The smallest absolute Gasteiger partial charge is 0.341 e. The molecule has 1 aliphatic carbocycles. The summed E-state index contributed by atoms with van der Waals surface area (Å²) in [6.07, 6.45) is 1.96. The van der Waals surface area contributed by atoms with Crippen LogP contribution in [0, 0.1) is 6.92 Å². The molecule has 2 N–H and O–H groups in total. The highest BCUT2D eigenvalue weighted by Crippen LogP contribution is 2.34. The van der Waals surface area contributed by atoms with Gasteiger partial charge in [-0.25, -0.2) is 4.79 Å². The number of aryl methyl sites for hydroxylation is 1. The quantitative estimate of drug-likeness (QED) is 0.806. The number of methoxy groups -OCH3 is 1. The normalized spacial score (nSPS) is 16.4. The third-order valence-corrected chi connectivity index (χ3v) is 3.01. The summed E-state index contributed by atoms with van der Waals surface area (Å²) in [6.45, 7) is 2.35. The number of carbonyl (C=O) groups is 1. The molecule has 0 radical (unpaired) electrons. The fraction of sp³-hybridized carbons (Fsp3) is 0.462. The van der Waals surface area contributed by atoms with Crippen molar-refractivity contribution in [2.24, 2.45) is 5.73 Å². The minimum atomic E-state index is -0.384. The number of hydrogen-bond acceptors (Lipinski definition) is 4. The van der Waals surface area contributed by atoms with Gasteiger partial charge in [0.2, 0.25) is 0 Å². The number of benzene rings is 1. The molecule has 0 heterocycles. The molecular formula is C13H17NO3. The second-order valence-electron chi connectivity index (χ2n) is 4.59. The average Bonchev–Trinajstić information content (AvgIpc) is 3.05. The van der Waals surface area contributed by atoms with E-state index in [0.717, 1.165) is 18.4 Å². The standard InChI is InChI=1S/C13H17NO3/c1-9-4-3-5-10(12(15)16-2)11(9)17-8-13(14)6-7-13/h3-5H,6-8,14H2,1-2H3. The van der Waals surface area contributed by atoms with E-state index in [1.807, 2.05) is 19.1 Å². The van der Waals surface area contributed by atoms with Gasteiger partial charge in [0, 0.05) is 0 Å². The van der Waals surface area contributed by atoms with Crippen molar-refractivity contribution in [2.45, 2.75) is 25.3 Å². The van der Waals surface area contributed by atoms with Crippen LogP contribution in [-0.4, -0.2) is 25.2 Å². The van der Waals surface area contributed by atoms with Crippen molar-refractivity contribution < 1.29 is 14.3 Å². The maximum atomic E-state index is 11.6. The van der Waals surface area contributed by atoms with E-state index in [1.165, 1.54) is 7.11 Å². The van der Waals surface area contributed by atoms with Crippen LogP contribution in [0.15, 0.2) is 18.2 Å². The molecule has 1 saturated carbocycles. The Bertz CT molecular complexity index is 438. The lowest BCUT2D eigenvalue weighted by Gasteiger charge is -2.15. The van der Waals surface area contributed by atoms with Crippen LogP contribution >= 0.6 is 0 Å². The van der Waals surface area contributed by atoms with Crippen LogP contribution in [0.5, 0.6) is 5.75 Å². The molecule has 0 aliphatic heterocycles. The number of hydrogen-bond donors (Lipinski definition) is 1. The monoisotopic (exact) mass is 235 g/mol. The van der Waals surface area contributed by atoms with Crippen molar-refractivity contribution in [1.29, 1.82) is 0 Å². The summed E-state index contributed by atoms with van der Waals surface area (Å²) in [5, 5.41) is 0. The molecular weight excluding hydrogens is 218 g/mol. The first kappa shape index (κ1) is 11.9. The highest BCUT2D eigenvalue weighted by atomic mass is 16.5. The largest absolute Gasteiger partial charge is 0.490 e. The van der Waals surface area contributed by atoms with Gasteiger partial charge in [-0.05, 0) is 31.4 Å². The third kappa shape index (κ3) is 2.58. The van der Waals surface area contributed by atoms with Crippen LogP contribution in [0.1, 0.15) is 28.8 Å². The number of esters is 1. The number of carbonyl (C=O) groups excluding carboxylic acids is 1. The Balaban J connectivity index is 2.20. The Kier molecular flexibility index (Phi) is 3.07. The molecule has 92 valence electrons. The third-order valence-electron chi connectivity index (χ3n) is 3.01. The number of rotatable bonds is 4. The molecule has 1 aliphatic rings. The minimum Gasteiger partial charge on any atom is -0.490 e. The lowest BCUT2D eigenvalue weighted by Crippen LogP contribution is -2.30. The summed E-state index contributed by atoms with van der Waals surface area (Å²) in [7, 11) is 1.36. The fourth-order valence-electron chi connectivity index (χ4n) is 1.64. The zero-order valence-electron chi connectivity index (χ0n) is 10.2. The molecule has 1 aromatic carbocycles. The van der Waals surface area contributed by atoms with Crippen LogP contribution < -0.4 is 10.5 Å². The summed E-state index contributed by atoms with van der Waals surface area (Å²) in [5.74, 6) is 0.196. The van der Waals surface area contributed by atoms with E-state index in [4.69, 9.17) is 15.2 Å². The predicted octanol–water partition coefficient (Wildman–Crippen LogP) is 1.65. The van der Waals surface area contributed by atoms with Crippen molar-refractivity contribution in [3.63, 3.8) is 0 Å². The van der Waals surface area contributed by atoms with E-state index in [1.54, 1.807) is 6.07 Å². The highest BCUT2D eigenvalue weighted by Gasteiger charge is 2.39. The molecule has 0 amide bonds. The maximum absolute atomic E-state index is 11.6. The summed E-state index contributed by atoms with van der Waals surface area (Å²) in [4.78, 5) is 11.6. The first-order valence-corrected chi connectivity index (χ1v) is 5.65.